The van der Waals surface area contributed by atoms with Gasteiger partial charge < -0.3 is 5.32 Å². The minimum absolute atomic E-state index is 0.111. The van der Waals surface area contributed by atoms with E-state index in [-0.39, 0.29) is 17.9 Å². The summed E-state index contributed by atoms with van der Waals surface area (Å²) in [5.41, 5.74) is 2.82. The Hall–Kier alpha value is -1.39. The molecule has 18 heavy (non-hydrogen) atoms. The van der Waals surface area contributed by atoms with Crippen molar-refractivity contribution < 1.29 is 9.59 Å². The Morgan fingerprint density at radius 1 is 1.11 bits per heavy atom. The molecule has 0 aromatic carbocycles. The topological polar surface area (TPSA) is 70.6 Å². The zero-order chi connectivity index (χ0) is 12.8. The van der Waals surface area contributed by atoms with E-state index in [0.717, 1.165) is 12.8 Å². The van der Waals surface area contributed by atoms with Gasteiger partial charge in [0.25, 0.3) is 5.91 Å². The first-order valence-electron chi connectivity index (χ1n) is 6.92. The van der Waals surface area contributed by atoms with Crippen molar-refractivity contribution in [2.24, 2.45) is 5.10 Å². The number of hydrogen-bond donors (Lipinski definition) is 2. The van der Waals surface area contributed by atoms with E-state index in [4.69, 9.17) is 0 Å². The van der Waals surface area contributed by atoms with Gasteiger partial charge in [-0.2, -0.15) is 5.10 Å². The number of nitrogens with zero attached hydrogens (tertiary/aromatic N) is 1. The summed E-state index contributed by atoms with van der Waals surface area (Å²) in [5.74, 6) is -0.224. The summed E-state index contributed by atoms with van der Waals surface area (Å²) in [6, 6.07) is 0.276. The minimum Gasteiger partial charge on any atom is -0.348 e. The number of hydrazone groups is 1. The van der Waals surface area contributed by atoms with Gasteiger partial charge in [-0.1, -0.05) is 32.1 Å². The Morgan fingerprint density at radius 3 is 2.39 bits per heavy atom. The summed E-state index contributed by atoms with van der Waals surface area (Å²) in [5, 5.41) is 6.87. The summed E-state index contributed by atoms with van der Waals surface area (Å²) in [7, 11) is 0. The zero-order valence-corrected chi connectivity index (χ0v) is 10.7. The molecule has 2 amide bonds. The van der Waals surface area contributed by atoms with Crippen LogP contribution in [0.4, 0.5) is 0 Å². The molecule has 0 aromatic heterocycles. The zero-order valence-electron chi connectivity index (χ0n) is 10.7. The molecular weight excluding hydrogens is 230 g/mol. The third kappa shape index (κ3) is 3.82. The van der Waals surface area contributed by atoms with E-state index in [1.54, 1.807) is 0 Å². The van der Waals surface area contributed by atoms with Gasteiger partial charge in [-0.15, -0.1) is 0 Å². The SMILES string of the molecule is O=C1CCC(C(=O)NC2CCCCCCC2)=NN1. The van der Waals surface area contributed by atoms with Crippen LogP contribution in [-0.2, 0) is 9.59 Å². The number of carbonyl (C=O) groups excluding carboxylic acids is 2. The van der Waals surface area contributed by atoms with E-state index in [0.29, 0.717) is 18.6 Å². The fourth-order valence-electron chi connectivity index (χ4n) is 2.51. The average Bonchev–Trinajstić information content (AvgIpc) is 2.33. The lowest BCUT2D eigenvalue weighted by atomic mass is 9.96. The third-order valence-electron chi connectivity index (χ3n) is 3.61. The van der Waals surface area contributed by atoms with Crippen LogP contribution in [0.15, 0.2) is 5.10 Å². The summed E-state index contributed by atoms with van der Waals surface area (Å²) in [4.78, 5) is 22.9. The molecule has 1 heterocycles. The summed E-state index contributed by atoms with van der Waals surface area (Å²) in [6.45, 7) is 0. The summed E-state index contributed by atoms with van der Waals surface area (Å²) >= 11 is 0. The van der Waals surface area contributed by atoms with E-state index in [1.165, 1.54) is 32.1 Å². The largest absolute Gasteiger partial charge is 0.348 e. The number of nitrogens with one attached hydrogen (secondary N) is 2. The Balaban J connectivity index is 1.83. The van der Waals surface area contributed by atoms with Gasteiger partial charge in [0.05, 0.1) is 0 Å². The second kappa shape index (κ2) is 6.52. The average molecular weight is 251 g/mol. The predicted octanol–water partition coefficient (Wildman–Crippen LogP) is 1.48. The Bertz CT molecular complexity index is 344. The van der Waals surface area contributed by atoms with Crippen molar-refractivity contribution in [3.63, 3.8) is 0 Å². The van der Waals surface area contributed by atoms with Crippen LogP contribution in [0.3, 0.4) is 0 Å². The lowest BCUT2D eigenvalue weighted by Gasteiger charge is -2.22. The molecule has 1 fully saturated rings. The molecule has 0 aromatic rings. The van der Waals surface area contributed by atoms with Crippen molar-refractivity contribution in [2.75, 3.05) is 0 Å². The highest BCUT2D eigenvalue weighted by Gasteiger charge is 2.21. The molecule has 0 atom stereocenters. The van der Waals surface area contributed by atoms with Gasteiger partial charge in [-0.25, -0.2) is 5.43 Å². The maximum atomic E-state index is 12.0. The van der Waals surface area contributed by atoms with Gasteiger partial charge in [0.15, 0.2) is 0 Å². The second-order valence-electron chi connectivity index (χ2n) is 5.11. The maximum Gasteiger partial charge on any atom is 0.267 e. The van der Waals surface area contributed by atoms with Crippen LogP contribution >= 0.6 is 0 Å². The number of amides is 2. The van der Waals surface area contributed by atoms with Gasteiger partial charge >= 0.3 is 0 Å². The lowest BCUT2D eigenvalue weighted by molar-refractivity contribution is -0.121. The molecule has 1 saturated carbocycles. The predicted molar refractivity (Wildman–Crippen MR) is 69.1 cm³/mol. The van der Waals surface area contributed by atoms with Crippen LogP contribution < -0.4 is 10.7 Å². The summed E-state index contributed by atoms with van der Waals surface area (Å²) < 4.78 is 0. The molecule has 2 aliphatic rings. The highest BCUT2D eigenvalue weighted by Crippen LogP contribution is 2.17. The maximum absolute atomic E-state index is 12.0. The fourth-order valence-corrected chi connectivity index (χ4v) is 2.51. The normalized spacial score (nSPS) is 22.4. The van der Waals surface area contributed by atoms with Crippen molar-refractivity contribution in [2.45, 2.75) is 63.8 Å². The molecule has 1 aliphatic heterocycles. The van der Waals surface area contributed by atoms with E-state index >= 15 is 0 Å². The van der Waals surface area contributed by atoms with Crippen LogP contribution in [0.2, 0.25) is 0 Å². The number of carbonyl (C=O) groups is 2. The monoisotopic (exact) mass is 251 g/mol. The Kier molecular flexibility index (Phi) is 4.73. The molecule has 0 unspecified atom stereocenters. The van der Waals surface area contributed by atoms with Gasteiger partial charge in [0.2, 0.25) is 5.91 Å². The highest BCUT2D eigenvalue weighted by molar-refractivity contribution is 6.39. The quantitative estimate of drug-likeness (QED) is 0.780. The van der Waals surface area contributed by atoms with Gasteiger partial charge in [0.1, 0.15) is 5.71 Å². The van der Waals surface area contributed by atoms with Crippen LogP contribution in [0.25, 0.3) is 0 Å². The van der Waals surface area contributed by atoms with E-state index in [9.17, 15) is 9.59 Å². The standard InChI is InChI=1S/C13H21N3O2/c17-12-9-8-11(15-16-12)13(18)14-10-6-4-2-1-3-5-7-10/h10H,1-9H2,(H,14,18)(H,16,17). The molecule has 0 radical (unpaired) electrons. The first kappa shape index (κ1) is 13.1. The molecule has 5 heteroatoms. The minimum atomic E-state index is -0.113. The molecule has 5 nitrogen and oxygen atoms in total. The van der Waals surface area contributed by atoms with Crippen molar-refractivity contribution >= 4 is 17.5 Å². The molecule has 0 saturated heterocycles. The highest BCUT2D eigenvalue weighted by atomic mass is 16.2. The molecule has 0 bridgehead atoms. The van der Waals surface area contributed by atoms with Crippen LogP contribution in [0.1, 0.15) is 57.8 Å². The van der Waals surface area contributed by atoms with Gasteiger partial charge in [-0.05, 0) is 12.8 Å². The van der Waals surface area contributed by atoms with Crippen molar-refractivity contribution in [3.8, 4) is 0 Å². The Morgan fingerprint density at radius 2 is 1.78 bits per heavy atom. The third-order valence-corrected chi connectivity index (χ3v) is 3.61. The second-order valence-corrected chi connectivity index (χ2v) is 5.11. The van der Waals surface area contributed by atoms with Crippen LogP contribution in [0.5, 0.6) is 0 Å². The molecule has 100 valence electrons. The van der Waals surface area contributed by atoms with Crippen molar-refractivity contribution in [1.82, 2.24) is 10.7 Å². The molecule has 2 N–H and O–H groups in total. The lowest BCUT2D eigenvalue weighted by Crippen LogP contribution is -2.42. The number of rotatable bonds is 2. The van der Waals surface area contributed by atoms with E-state index in [2.05, 4.69) is 15.8 Å². The number of hydrogen-bond acceptors (Lipinski definition) is 3. The van der Waals surface area contributed by atoms with E-state index < -0.39 is 0 Å². The fraction of sp³-hybridized carbons (Fsp3) is 0.769. The summed E-state index contributed by atoms with van der Waals surface area (Å²) in [6.07, 6.45) is 9.16. The van der Waals surface area contributed by atoms with Crippen LogP contribution in [-0.4, -0.2) is 23.6 Å². The van der Waals surface area contributed by atoms with Gasteiger partial charge in [0, 0.05) is 18.9 Å². The first-order valence-corrected chi connectivity index (χ1v) is 6.92. The molecular formula is C13H21N3O2. The van der Waals surface area contributed by atoms with Crippen LogP contribution in [0, 0.1) is 0 Å². The Labute approximate surface area is 107 Å². The molecule has 1 aliphatic carbocycles. The van der Waals surface area contributed by atoms with Crippen molar-refractivity contribution in [3.05, 3.63) is 0 Å². The van der Waals surface area contributed by atoms with Gasteiger partial charge in [-0.3, -0.25) is 9.59 Å². The molecule has 0 spiro atoms. The van der Waals surface area contributed by atoms with Crippen molar-refractivity contribution in [1.29, 1.82) is 0 Å². The smallest absolute Gasteiger partial charge is 0.267 e. The first-order chi connectivity index (χ1) is 8.75. The molecule has 2 rings (SSSR count). The van der Waals surface area contributed by atoms with E-state index in [1.807, 2.05) is 0 Å².